The van der Waals surface area contributed by atoms with Gasteiger partial charge in [0.05, 0.1) is 5.56 Å². The number of hydrogen-bond donors (Lipinski definition) is 1. The molecule has 0 spiro atoms. The van der Waals surface area contributed by atoms with Crippen molar-refractivity contribution in [2.45, 2.75) is 58.3 Å². The van der Waals surface area contributed by atoms with E-state index in [2.05, 4.69) is 6.92 Å². The molecule has 0 amide bonds. The van der Waals surface area contributed by atoms with E-state index in [9.17, 15) is 9.90 Å². The van der Waals surface area contributed by atoms with Crippen molar-refractivity contribution in [2.75, 3.05) is 0 Å². The average Bonchev–Trinajstić information content (AvgIpc) is 2.37. The first kappa shape index (κ1) is 20.1. The van der Waals surface area contributed by atoms with Crippen molar-refractivity contribution in [1.29, 1.82) is 0 Å². The Hall–Kier alpha value is 0.126. The van der Waals surface area contributed by atoms with Gasteiger partial charge in [-0.2, -0.15) is 0 Å². The van der Waals surface area contributed by atoms with Gasteiger partial charge < -0.3 is 10.2 Å². The third-order valence-corrected chi connectivity index (χ3v) is 3.28. The second-order valence-electron chi connectivity index (χ2n) is 5.04. The molecular weight excluding hydrogens is 279 g/mol. The first-order chi connectivity index (χ1) is 9.13. The maximum atomic E-state index is 11.4. The molecule has 0 aromatic heterocycles. The molecule has 0 unspecified atom stereocenters. The minimum Gasteiger partial charge on any atom is -0.872 e. The molecule has 0 saturated heterocycles. The standard InChI is InChI=1S/C16H24O3.K/c1-2-3-4-5-6-7-8-9-13-10-14(16(18)19)12-15(17)11-13;/h10-12,17H,2-9H2,1H3,(H,18,19);/q;+1/p-1. The second-order valence-corrected chi connectivity index (χ2v) is 5.04. The van der Waals surface area contributed by atoms with Crippen molar-refractivity contribution in [1.82, 2.24) is 0 Å². The summed E-state index contributed by atoms with van der Waals surface area (Å²) >= 11 is 0. The minimum atomic E-state index is -1.03. The van der Waals surface area contributed by atoms with Gasteiger partial charge in [0.25, 0.3) is 0 Å². The largest absolute Gasteiger partial charge is 1.00 e. The van der Waals surface area contributed by atoms with Gasteiger partial charge >= 0.3 is 57.4 Å². The number of carbonyl (C=O) groups is 1. The summed E-state index contributed by atoms with van der Waals surface area (Å²) in [5.74, 6) is -1.24. The van der Waals surface area contributed by atoms with Gasteiger partial charge in [-0.1, -0.05) is 57.6 Å². The fraction of sp³-hybridized carbons (Fsp3) is 0.562. The zero-order valence-electron chi connectivity index (χ0n) is 12.7. The molecule has 0 aliphatic carbocycles. The van der Waals surface area contributed by atoms with Crippen LogP contribution in [0.5, 0.6) is 5.75 Å². The average molecular weight is 302 g/mol. The fourth-order valence-corrected chi connectivity index (χ4v) is 2.21. The van der Waals surface area contributed by atoms with Crippen LogP contribution >= 0.6 is 0 Å². The zero-order valence-corrected chi connectivity index (χ0v) is 15.8. The summed E-state index contributed by atoms with van der Waals surface area (Å²) in [6.07, 6.45) is 9.33. The van der Waals surface area contributed by atoms with Crippen LogP contribution in [0.3, 0.4) is 0 Å². The van der Waals surface area contributed by atoms with Crippen LogP contribution in [0.4, 0.5) is 0 Å². The summed E-state index contributed by atoms with van der Waals surface area (Å²) in [6.45, 7) is 2.20. The monoisotopic (exact) mass is 302 g/mol. The smallest absolute Gasteiger partial charge is 0.872 e. The van der Waals surface area contributed by atoms with Crippen molar-refractivity contribution in [2.24, 2.45) is 0 Å². The molecule has 1 aromatic rings. The molecule has 4 heteroatoms. The van der Waals surface area contributed by atoms with Crippen LogP contribution in [0, 0.1) is 0 Å². The number of benzene rings is 1. The summed E-state index contributed by atoms with van der Waals surface area (Å²) < 4.78 is 0. The van der Waals surface area contributed by atoms with Crippen molar-refractivity contribution >= 4 is 5.97 Å². The Balaban J connectivity index is 0.00000361. The Morgan fingerprint density at radius 3 is 2.25 bits per heavy atom. The van der Waals surface area contributed by atoms with Crippen molar-refractivity contribution in [3.05, 3.63) is 29.3 Å². The SMILES string of the molecule is CCCCCCCCCc1cc([O-])cc(C(=O)O)c1.[K+]. The third-order valence-electron chi connectivity index (χ3n) is 3.28. The topological polar surface area (TPSA) is 60.4 Å². The van der Waals surface area contributed by atoms with Crippen LogP contribution in [0.1, 0.15) is 67.8 Å². The molecule has 20 heavy (non-hydrogen) atoms. The van der Waals surface area contributed by atoms with E-state index in [0.29, 0.717) is 0 Å². The van der Waals surface area contributed by atoms with Gasteiger partial charge in [-0.3, -0.25) is 0 Å². The summed E-state index contributed by atoms with van der Waals surface area (Å²) in [5.41, 5.74) is 0.948. The van der Waals surface area contributed by atoms with Crippen molar-refractivity contribution in [3.63, 3.8) is 0 Å². The van der Waals surface area contributed by atoms with E-state index in [0.717, 1.165) is 24.8 Å². The van der Waals surface area contributed by atoms with Gasteiger partial charge in [0.1, 0.15) is 0 Å². The summed E-state index contributed by atoms with van der Waals surface area (Å²) in [7, 11) is 0. The Labute approximate surface area is 164 Å². The molecule has 0 radical (unpaired) electrons. The van der Waals surface area contributed by atoms with E-state index < -0.39 is 5.97 Å². The third kappa shape index (κ3) is 8.42. The second kappa shape index (κ2) is 11.8. The van der Waals surface area contributed by atoms with E-state index in [1.165, 1.54) is 38.2 Å². The van der Waals surface area contributed by atoms with Gasteiger partial charge in [-0.15, -0.1) is 5.75 Å². The summed E-state index contributed by atoms with van der Waals surface area (Å²) in [5, 5.41) is 20.2. The number of aromatic carboxylic acids is 1. The van der Waals surface area contributed by atoms with Crippen molar-refractivity contribution in [3.8, 4) is 5.75 Å². The predicted octanol–water partition coefficient (Wildman–Crippen LogP) is 0.756. The molecule has 0 saturated carbocycles. The molecule has 0 heterocycles. The molecule has 0 aliphatic rings. The first-order valence-electron chi connectivity index (χ1n) is 7.17. The zero-order chi connectivity index (χ0) is 14.1. The van der Waals surface area contributed by atoms with E-state index in [4.69, 9.17) is 5.11 Å². The normalized spacial score (nSPS) is 10.1. The molecule has 1 aromatic carbocycles. The van der Waals surface area contributed by atoms with Gasteiger partial charge in [0.15, 0.2) is 0 Å². The molecule has 0 aliphatic heterocycles. The van der Waals surface area contributed by atoms with E-state index in [-0.39, 0.29) is 62.7 Å². The van der Waals surface area contributed by atoms with Gasteiger partial charge in [0, 0.05) is 0 Å². The maximum Gasteiger partial charge on any atom is 1.00 e. The number of aryl methyl sites for hydroxylation is 1. The van der Waals surface area contributed by atoms with Crippen LogP contribution in [0.15, 0.2) is 18.2 Å². The summed E-state index contributed by atoms with van der Waals surface area (Å²) in [4.78, 5) is 10.8. The number of carboxylic acids is 1. The maximum absolute atomic E-state index is 11.4. The number of unbranched alkanes of at least 4 members (excludes halogenated alkanes) is 6. The molecule has 0 bridgehead atoms. The molecule has 0 fully saturated rings. The van der Waals surface area contributed by atoms with Gasteiger partial charge in [-0.25, -0.2) is 4.79 Å². The molecule has 0 atom stereocenters. The molecular formula is C16H23KO3. The Kier molecular flexibility index (Phi) is 11.8. The molecule has 3 nitrogen and oxygen atoms in total. The van der Waals surface area contributed by atoms with Gasteiger partial charge in [-0.05, 0) is 24.5 Å². The predicted molar refractivity (Wildman–Crippen MR) is 74.5 cm³/mol. The summed E-state index contributed by atoms with van der Waals surface area (Å²) in [6, 6.07) is 4.33. The molecule has 1 N–H and O–H groups in total. The van der Waals surface area contributed by atoms with Crippen LogP contribution in [0.25, 0.3) is 0 Å². The van der Waals surface area contributed by atoms with Crippen LogP contribution < -0.4 is 56.5 Å². The van der Waals surface area contributed by atoms with Crippen molar-refractivity contribution < 1.29 is 66.4 Å². The Bertz CT molecular complexity index is 405. The Morgan fingerprint density at radius 2 is 1.65 bits per heavy atom. The van der Waals surface area contributed by atoms with Crippen LogP contribution in [-0.2, 0) is 6.42 Å². The van der Waals surface area contributed by atoms with E-state index in [1.54, 1.807) is 12.1 Å². The number of hydrogen-bond acceptors (Lipinski definition) is 2. The van der Waals surface area contributed by atoms with Gasteiger partial charge in [0.2, 0.25) is 0 Å². The molecule has 1 rings (SSSR count). The number of carboxylic acid groups (broad SMARTS) is 1. The Morgan fingerprint density at radius 1 is 1.05 bits per heavy atom. The van der Waals surface area contributed by atoms with E-state index in [1.807, 2.05) is 0 Å². The van der Waals surface area contributed by atoms with Crippen LogP contribution in [0.2, 0.25) is 0 Å². The quantitative estimate of drug-likeness (QED) is 0.541. The first-order valence-corrected chi connectivity index (χ1v) is 7.17. The van der Waals surface area contributed by atoms with Crippen LogP contribution in [-0.4, -0.2) is 11.1 Å². The van der Waals surface area contributed by atoms with E-state index >= 15 is 0 Å². The minimum absolute atomic E-state index is 0. The molecule has 106 valence electrons. The number of rotatable bonds is 9. The fourth-order valence-electron chi connectivity index (χ4n) is 2.21.